The maximum absolute atomic E-state index is 11.8. The number of amides is 1. The second kappa shape index (κ2) is 6.70. The van der Waals surface area contributed by atoms with E-state index in [0.717, 1.165) is 31.1 Å². The Hall–Kier alpha value is -1.36. The first-order valence-electron chi connectivity index (χ1n) is 7.17. The Morgan fingerprint density at radius 1 is 1.53 bits per heavy atom. The van der Waals surface area contributed by atoms with Crippen LogP contribution in [-0.4, -0.2) is 47.2 Å². The molecule has 0 spiro atoms. The van der Waals surface area contributed by atoms with Gasteiger partial charge in [-0.1, -0.05) is 6.92 Å². The standard InChI is InChI=1S/C14H24N4O/c1-11-4-8-18(9-5-11)7-3-6-15-14(19)13-10-16-17-12(13)2/h10-11H,3-9H2,1-2H3,(H,15,19)(H,16,17). The van der Waals surface area contributed by atoms with Crippen LogP contribution in [0, 0.1) is 12.8 Å². The SMILES string of the molecule is Cc1[nH]ncc1C(=O)NCCCN1CCC(C)CC1. The molecule has 1 aliphatic heterocycles. The summed E-state index contributed by atoms with van der Waals surface area (Å²) in [6.07, 6.45) is 5.20. The van der Waals surface area contributed by atoms with Crippen molar-refractivity contribution in [3.63, 3.8) is 0 Å². The quantitative estimate of drug-likeness (QED) is 0.794. The van der Waals surface area contributed by atoms with Crippen LogP contribution >= 0.6 is 0 Å². The zero-order chi connectivity index (χ0) is 13.7. The Kier molecular flexibility index (Phi) is 4.96. The fourth-order valence-corrected chi connectivity index (χ4v) is 2.47. The van der Waals surface area contributed by atoms with E-state index >= 15 is 0 Å². The number of aromatic nitrogens is 2. The van der Waals surface area contributed by atoms with Gasteiger partial charge >= 0.3 is 0 Å². The van der Waals surface area contributed by atoms with Gasteiger partial charge in [0.1, 0.15) is 0 Å². The lowest BCUT2D eigenvalue weighted by Gasteiger charge is -2.30. The van der Waals surface area contributed by atoms with Crippen LogP contribution in [0.3, 0.4) is 0 Å². The van der Waals surface area contributed by atoms with Gasteiger partial charge in [-0.2, -0.15) is 5.10 Å². The molecule has 1 aromatic rings. The summed E-state index contributed by atoms with van der Waals surface area (Å²) < 4.78 is 0. The Morgan fingerprint density at radius 3 is 2.89 bits per heavy atom. The number of hydrogen-bond acceptors (Lipinski definition) is 3. The fraction of sp³-hybridized carbons (Fsp3) is 0.714. The van der Waals surface area contributed by atoms with Crippen LogP contribution < -0.4 is 5.32 Å². The molecule has 0 aromatic carbocycles. The van der Waals surface area contributed by atoms with E-state index in [-0.39, 0.29) is 5.91 Å². The van der Waals surface area contributed by atoms with E-state index in [1.807, 2.05) is 6.92 Å². The summed E-state index contributed by atoms with van der Waals surface area (Å²) in [5.41, 5.74) is 1.47. The van der Waals surface area contributed by atoms with E-state index in [0.29, 0.717) is 5.56 Å². The lowest BCUT2D eigenvalue weighted by Crippen LogP contribution is -2.35. The molecule has 5 heteroatoms. The summed E-state index contributed by atoms with van der Waals surface area (Å²) in [5.74, 6) is 0.846. The maximum Gasteiger partial charge on any atom is 0.254 e. The van der Waals surface area contributed by atoms with Crippen LogP contribution in [0.5, 0.6) is 0 Å². The van der Waals surface area contributed by atoms with Crippen LogP contribution in [0.25, 0.3) is 0 Å². The zero-order valence-electron chi connectivity index (χ0n) is 11.9. The van der Waals surface area contributed by atoms with E-state index < -0.39 is 0 Å². The van der Waals surface area contributed by atoms with Crippen molar-refractivity contribution in [2.24, 2.45) is 5.92 Å². The predicted molar refractivity (Wildman–Crippen MR) is 75.1 cm³/mol. The summed E-state index contributed by atoms with van der Waals surface area (Å²) >= 11 is 0. The topological polar surface area (TPSA) is 61.0 Å². The molecule has 1 fully saturated rings. The van der Waals surface area contributed by atoms with E-state index in [9.17, 15) is 4.79 Å². The fourth-order valence-electron chi connectivity index (χ4n) is 2.47. The number of nitrogens with one attached hydrogen (secondary N) is 2. The van der Waals surface area contributed by atoms with Gasteiger partial charge < -0.3 is 10.2 Å². The monoisotopic (exact) mass is 264 g/mol. The molecular formula is C14H24N4O. The van der Waals surface area contributed by atoms with Crippen molar-refractivity contribution < 1.29 is 4.79 Å². The Labute approximate surface area is 114 Å². The highest BCUT2D eigenvalue weighted by atomic mass is 16.1. The number of likely N-dealkylation sites (tertiary alicyclic amines) is 1. The first kappa shape index (κ1) is 14.1. The normalized spacial score (nSPS) is 17.6. The first-order chi connectivity index (χ1) is 9.16. The molecule has 0 unspecified atom stereocenters. The number of carbonyl (C=O) groups is 1. The third-order valence-electron chi connectivity index (χ3n) is 3.89. The number of hydrogen-bond donors (Lipinski definition) is 2. The van der Waals surface area contributed by atoms with Crippen LogP contribution in [0.15, 0.2) is 6.20 Å². The molecule has 106 valence electrons. The number of carbonyl (C=O) groups excluding carboxylic acids is 1. The number of rotatable bonds is 5. The Bertz CT molecular complexity index is 407. The summed E-state index contributed by atoms with van der Waals surface area (Å²) in [7, 11) is 0. The summed E-state index contributed by atoms with van der Waals surface area (Å²) in [6, 6.07) is 0. The van der Waals surface area contributed by atoms with Gasteiger partial charge in [0.05, 0.1) is 11.8 Å². The molecule has 19 heavy (non-hydrogen) atoms. The van der Waals surface area contributed by atoms with Crippen molar-refractivity contribution in [1.82, 2.24) is 20.4 Å². The van der Waals surface area contributed by atoms with Gasteiger partial charge in [0, 0.05) is 12.2 Å². The molecule has 2 rings (SSSR count). The molecule has 1 aromatic heterocycles. The average Bonchev–Trinajstić information content (AvgIpc) is 2.83. The average molecular weight is 264 g/mol. The second-order valence-corrected chi connectivity index (χ2v) is 5.54. The van der Waals surface area contributed by atoms with Crippen LogP contribution in [0.1, 0.15) is 42.2 Å². The number of nitrogens with zero attached hydrogens (tertiary/aromatic N) is 2. The molecule has 2 N–H and O–H groups in total. The second-order valence-electron chi connectivity index (χ2n) is 5.54. The largest absolute Gasteiger partial charge is 0.352 e. The number of aryl methyl sites for hydroxylation is 1. The van der Waals surface area contributed by atoms with Crippen molar-refractivity contribution in [3.8, 4) is 0 Å². The molecule has 2 heterocycles. The summed E-state index contributed by atoms with van der Waals surface area (Å²) in [4.78, 5) is 14.3. The molecule has 0 atom stereocenters. The number of H-pyrrole nitrogens is 1. The smallest absolute Gasteiger partial charge is 0.254 e. The van der Waals surface area contributed by atoms with Crippen LogP contribution in [0.4, 0.5) is 0 Å². The van der Waals surface area contributed by atoms with E-state index in [4.69, 9.17) is 0 Å². The minimum atomic E-state index is -0.0292. The van der Waals surface area contributed by atoms with Gasteiger partial charge in [0.2, 0.25) is 0 Å². The molecule has 0 saturated carbocycles. The van der Waals surface area contributed by atoms with E-state index in [1.54, 1.807) is 6.20 Å². The molecule has 1 amide bonds. The molecule has 0 bridgehead atoms. The van der Waals surface area contributed by atoms with Gasteiger partial charge in [0.15, 0.2) is 0 Å². The molecule has 5 nitrogen and oxygen atoms in total. The van der Waals surface area contributed by atoms with Gasteiger partial charge in [-0.3, -0.25) is 9.89 Å². The van der Waals surface area contributed by atoms with E-state index in [1.165, 1.54) is 25.9 Å². The maximum atomic E-state index is 11.8. The summed E-state index contributed by atoms with van der Waals surface area (Å²) in [6.45, 7) is 8.40. The molecule has 0 radical (unpaired) electrons. The minimum absolute atomic E-state index is 0.0292. The highest BCUT2D eigenvalue weighted by Gasteiger charge is 2.15. The van der Waals surface area contributed by atoms with Crippen molar-refractivity contribution in [3.05, 3.63) is 17.5 Å². The van der Waals surface area contributed by atoms with Gasteiger partial charge in [0.25, 0.3) is 5.91 Å². The van der Waals surface area contributed by atoms with E-state index in [2.05, 4.69) is 27.3 Å². The lowest BCUT2D eigenvalue weighted by molar-refractivity contribution is 0.0950. The van der Waals surface area contributed by atoms with Gasteiger partial charge in [-0.25, -0.2) is 0 Å². The molecule has 1 aliphatic rings. The van der Waals surface area contributed by atoms with Crippen molar-refractivity contribution in [2.75, 3.05) is 26.2 Å². The molecule has 0 aliphatic carbocycles. The highest BCUT2D eigenvalue weighted by Crippen LogP contribution is 2.15. The molecule has 1 saturated heterocycles. The van der Waals surface area contributed by atoms with Crippen LogP contribution in [0.2, 0.25) is 0 Å². The third kappa shape index (κ3) is 4.06. The van der Waals surface area contributed by atoms with Crippen LogP contribution in [-0.2, 0) is 0 Å². The minimum Gasteiger partial charge on any atom is -0.352 e. The van der Waals surface area contributed by atoms with Gasteiger partial charge in [-0.05, 0) is 51.7 Å². The summed E-state index contributed by atoms with van der Waals surface area (Å²) in [5, 5.41) is 9.58. The highest BCUT2D eigenvalue weighted by molar-refractivity contribution is 5.94. The number of piperidine rings is 1. The van der Waals surface area contributed by atoms with Gasteiger partial charge in [-0.15, -0.1) is 0 Å². The first-order valence-corrected chi connectivity index (χ1v) is 7.17. The lowest BCUT2D eigenvalue weighted by atomic mass is 9.99. The zero-order valence-corrected chi connectivity index (χ0v) is 11.9. The molecular weight excluding hydrogens is 240 g/mol. The Morgan fingerprint density at radius 2 is 2.26 bits per heavy atom. The van der Waals surface area contributed by atoms with Crippen molar-refractivity contribution in [2.45, 2.75) is 33.1 Å². The van der Waals surface area contributed by atoms with Crippen molar-refractivity contribution >= 4 is 5.91 Å². The number of aromatic amines is 1. The third-order valence-corrected chi connectivity index (χ3v) is 3.89. The predicted octanol–water partition coefficient (Wildman–Crippen LogP) is 1.57. The van der Waals surface area contributed by atoms with Crippen molar-refractivity contribution in [1.29, 1.82) is 0 Å². The Balaban J connectivity index is 1.62.